The summed E-state index contributed by atoms with van der Waals surface area (Å²) in [5.74, 6) is -2.50. The Balaban J connectivity index is 2.28. The van der Waals surface area contributed by atoms with Crippen molar-refractivity contribution in [3.63, 3.8) is 0 Å². The van der Waals surface area contributed by atoms with Gasteiger partial charge in [-0.2, -0.15) is 0 Å². The number of nitrogens with zero attached hydrogens (tertiary/aromatic N) is 1. The molecule has 0 fully saturated rings. The molecule has 0 aliphatic rings. The summed E-state index contributed by atoms with van der Waals surface area (Å²) < 4.78 is 27.0. The maximum Gasteiger partial charge on any atom is 0.170 e. The number of ketones is 1. The van der Waals surface area contributed by atoms with Gasteiger partial charge in [-0.15, -0.1) is 0 Å². The second-order valence-electron chi connectivity index (χ2n) is 4.02. The van der Waals surface area contributed by atoms with Gasteiger partial charge < -0.3 is 0 Å². The molecule has 0 aliphatic heterocycles. The second-order valence-corrected chi connectivity index (χ2v) is 4.02. The summed E-state index contributed by atoms with van der Waals surface area (Å²) in [5, 5.41) is 0. The van der Waals surface area contributed by atoms with Crippen LogP contribution in [0.25, 0.3) is 0 Å². The van der Waals surface area contributed by atoms with Gasteiger partial charge in [-0.05, 0) is 30.2 Å². The molecule has 0 spiro atoms. The lowest BCUT2D eigenvalue weighted by molar-refractivity contribution is 0.0988. The van der Waals surface area contributed by atoms with Gasteiger partial charge in [-0.3, -0.25) is 9.78 Å². The second kappa shape index (κ2) is 5.04. The van der Waals surface area contributed by atoms with Crippen LogP contribution >= 0.6 is 0 Å². The molecule has 18 heavy (non-hydrogen) atoms. The molecule has 2 aromatic rings. The molecule has 0 saturated carbocycles. The third kappa shape index (κ3) is 2.42. The van der Waals surface area contributed by atoms with Gasteiger partial charge in [-0.25, -0.2) is 8.78 Å². The van der Waals surface area contributed by atoms with Crippen molar-refractivity contribution in [1.29, 1.82) is 0 Å². The first-order valence-electron chi connectivity index (χ1n) is 5.46. The molecule has 0 unspecified atom stereocenters. The van der Waals surface area contributed by atoms with Crippen molar-refractivity contribution in [2.75, 3.05) is 0 Å². The van der Waals surface area contributed by atoms with Gasteiger partial charge in [0.1, 0.15) is 0 Å². The SMILES string of the molecule is Cc1ccc(C(=O)Cc2cccnc2)c(F)c1F. The minimum absolute atomic E-state index is 0.00720. The van der Waals surface area contributed by atoms with E-state index in [1.165, 1.54) is 25.3 Å². The van der Waals surface area contributed by atoms with Crippen LogP contribution in [0.4, 0.5) is 8.78 Å². The number of halogens is 2. The Bertz CT molecular complexity index is 582. The highest BCUT2D eigenvalue weighted by molar-refractivity contribution is 5.97. The zero-order chi connectivity index (χ0) is 13.1. The smallest absolute Gasteiger partial charge is 0.170 e. The first-order chi connectivity index (χ1) is 8.59. The van der Waals surface area contributed by atoms with E-state index >= 15 is 0 Å². The first-order valence-corrected chi connectivity index (χ1v) is 5.46. The molecule has 2 rings (SSSR count). The number of aryl methyl sites for hydroxylation is 1. The van der Waals surface area contributed by atoms with Crippen LogP contribution in [0.2, 0.25) is 0 Å². The topological polar surface area (TPSA) is 30.0 Å². The average Bonchev–Trinajstić information content (AvgIpc) is 2.37. The van der Waals surface area contributed by atoms with Gasteiger partial charge in [-0.1, -0.05) is 12.1 Å². The number of carbonyl (C=O) groups is 1. The maximum atomic E-state index is 13.6. The van der Waals surface area contributed by atoms with E-state index in [1.54, 1.807) is 18.3 Å². The molecule has 2 nitrogen and oxygen atoms in total. The highest BCUT2D eigenvalue weighted by atomic mass is 19.2. The Hall–Kier alpha value is -2.10. The summed E-state index contributed by atoms with van der Waals surface area (Å²) in [6.07, 6.45) is 3.12. The summed E-state index contributed by atoms with van der Waals surface area (Å²) >= 11 is 0. The predicted molar refractivity (Wildman–Crippen MR) is 63.4 cm³/mol. The molecule has 0 bridgehead atoms. The quantitative estimate of drug-likeness (QED) is 0.780. The molecule has 1 aromatic heterocycles. The minimum Gasteiger partial charge on any atom is -0.294 e. The van der Waals surface area contributed by atoms with Crippen molar-refractivity contribution in [3.05, 3.63) is 65.0 Å². The minimum atomic E-state index is -1.08. The molecule has 0 atom stereocenters. The number of hydrogen-bond donors (Lipinski definition) is 0. The van der Waals surface area contributed by atoms with Crippen LogP contribution in [-0.4, -0.2) is 10.8 Å². The van der Waals surface area contributed by atoms with Crippen molar-refractivity contribution in [2.24, 2.45) is 0 Å². The fourth-order valence-corrected chi connectivity index (χ4v) is 1.64. The van der Waals surface area contributed by atoms with E-state index < -0.39 is 17.4 Å². The summed E-state index contributed by atoms with van der Waals surface area (Å²) in [7, 11) is 0. The lowest BCUT2D eigenvalue weighted by Crippen LogP contribution is -2.08. The van der Waals surface area contributed by atoms with Crippen molar-refractivity contribution >= 4 is 5.78 Å². The first kappa shape index (κ1) is 12.4. The van der Waals surface area contributed by atoms with Crippen molar-refractivity contribution in [1.82, 2.24) is 4.98 Å². The summed E-state index contributed by atoms with van der Waals surface area (Å²) in [6, 6.07) is 6.11. The van der Waals surface area contributed by atoms with Gasteiger partial charge in [0.15, 0.2) is 17.4 Å². The third-order valence-corrected chi connectivity index (χ3v) is 2.66. The van der Waals surface area contributed by atoms with Crippen molar-refractivity contribution < 1.29 is 13.6 Å². The molecule has 0 radical (unpaired) electrons. The van der Waals surface area contributed by atoms with E-state index in [-0.39, 0.29) is 17.5 Å². The molecule has 0 N–H and O–H groups in total. The molecular formula is C14H11F2NO. The van der Waals surface area contributed by atoms with Crippen LogP contribution in [0.15, 0.2) is 36.7 Å². The van der Waals surface area contributed by atoms with Crippen LogP contribution in [0.1, 0.15) is 21.5 Å². The van der Waals surface area contributed by atoms with E-state index in [2.05, 4.69) is 4.98 Å². The number of hydrogen-bond acceptors (Lipinski definition) is 2. The normalized spacial score (nSPS) is 10.4. The van der Waals surface area contributed by atoms with Crippen LogP contribution in [0.5, 0.6) is 0 Å². The van der Waals surface area contributed by atoms with Gasteiger partial charge in [0, 0.05) is 18.8 Å². The zero-order valence-electron chi connectivity index (χ0n) is 9.78. The number of carbonyl (C=O) groups excluding carboxylic acids is 1. The van der Waals surface area contributed by atoms with Gasteiger partial charge in [0.2, 0.25) is 0 Å². The fraction of sp³-hybridized carbons (Fsp3) is 0.143. The zero-order valence-corrected chi connectivity index (χ0v) is 9.78. The Morgan fingerprint density at radius 3 is 2.67 bits per heavy atom. The van der Waals surface area contributed by atoms with Crippen molar-refractivity contribution in [3.8, 4) is 0 Å². The number of pyridine rings is 1. The standard InChI is InChI=1S/C14H11F2NO/c1-9-4-5-11(14(16)13(9)15)12(18)7-10-3-2-6-17-8-10/h2-6,8H,7H2,1H3. The monoisotopic (exact) mass is 247 g/mol. The molecule has 4 heteroatoms. The number of benzene rings is 1. The van der Waals surface area contributed by atoms with Crippen LogP contribution < -0.4 is 0 Å². The summed E-state index contributed by atoms with van der Waals surface area (Å²) in [4.78, 5) is 15.7. The highest BCUT2D eigenvalue weighted by Gasteiger charge is 2.17. The third-order valence-electron chi connectivity index (χ3n) is 2.66. The fourth-order valence-electron chi connectivity index (χ4n) is 1.64. The average molecular weight is 247 g/mol. The molecular weight excluding hydrogens is 236 g/mol. The maximum absolute atomic E-state index is 13.6. The molecule has 92 valence electrons. The number of aromatic nitrogens is 1. The largest absolute Gasteiger partial charge is 0.294 e. The van der Waals surface area contributed by atoms with Gasteiger partial charge in [0.05, 0.1) is 5.56 Å². The van der Waals surface area contributed by atoms with E-state index in [1.807, 2.05) is 0 Å². The Morgan fingerprint density at radius 1 is 1.22 bits per heavy atom. The molecule has 0 amide bonds. The summed E-state index contributed by atoms with van der Waals surface area (Å²) in [6.45, 7) is 1.45. The van der Waals surface area contributed by atoms with E-state index in [0.29, 0.717) is 5.56 Å². The Kier molecular flexibility index (Phi) is 3.46. The van der Waals surface area contributed by atoms with Crippen LogP contribution in [0.3, 0.4) is 0 Å². The lowest BCUT2D eigenvalue weighted by Gasteiger charge is -2.05. The van der Waals surface area contributed by atoms with Crippen LogP contribution in [-0.2, 0) is 6.42 Å². The highest BCUT2D eigenvalue weighted by Crippen LogP contribution is 2.17. The molecule has 0 saturated heterocycles. The molecule has 1 aromatic carbocycles. The van der Waals surface area contributed by atoms with Crippen LogP contribution in [0, 0.1) is 18.6 Å². The van der Waals surface area contributed by atoms with Crippen molar-refractivity contribution in [2.45, 2.75) is 13.3 Å². The van der Waals surface area contributed by atoms with Gasteiger partial charge in [0.25, 0.3) is 0 Å². The summed E-state index contributed by atoms with van der Waals surface area (Å²) in [5.41, 5.74) is 0.635. The van der Waals surface area contributed by atoms with E-state index in [4.69, 9.17) is 0 Å². The predicted octanol–water partition coefficient (Wildman–Crippen LogP) is 3.09. The number of rotatable bonds is 3. The van der Waals surface area contributed by atoms with Gasteiger partial charge >= 0.3 is 0 Å². The number of Topliss-reactive ketones (excluding diaryl/α,β-unsaturated/α-hetero) is 1. The lowest BCUT2D eigenvalue weighted by atomic mass is 10.0. The Labute approximate surface area is 103 Å². The Morgan fingerprint density at radius 2 is 2.00 bits per heavy atom. The van der Waals surface area contributed by atoms with E-state index in [0.717, 1.165) is 0 Å². The molecule has 1 heterocycles. The molecule has 0 aliphatic carbocycles. The van der Waals surface area contributed by atoms with E-state index in [9.17, 15) is 13.6 Å².